The number of nitrogens with zero attached hydrogens (tertiary/aromatic N) is 1. The molecule has 3 aromatic heterocycles. The normalized spacial score (nSPS) is 14.3. The summed E-state index contributed by atoms with van der Waals surface area (Å²) in [5.74, 6) is 0. The zero-order chi connectivity index (χ0) is 23.1. The number of hydrogen-bond acceptors (Lipinski definition) is 5. The Bertz CT molecular complexity index is 1390. The maximum Gasteiger partial charge on any atom is 0.325 e. The maximum absolute atomic E-state index is 12.0. The van der Waals surface area contributed by atoms with Crippen LogP contribution in [0.15, 0.2) is 33.9 Å². The first-order valence-electron chi connectivity index (χ1n) is 11.5. The van der Waals surface area contributed by atoms with Gasteiger partial charge >= 0.3 is 5.69 Å². The van der Waals surface area contributed by atoms with Gasteiger partial charge in [-0.2, -0.15) is 0 Å². The van der Waals surface area contributed by atoms with Gasteiger partial charge in [0.25, 0.3) is 5.56 Å². The number of benzene rings is 1. The third-order valence-electron chi connectivity index (χ3n) is 6.24. The summed E-state index contributed by atoms with van der Waals surface area (Å²) in [6.07, 6.45) is 1.44. The van der Waals surface area contributed by atoms with Crippen molar-refractivity contribution in [3.05, 3.63) is 72.4 Å². The first kappa shape index (κ1) is 21.7. The van der Waals surface area contributed by atoms with Crippen molar-refractivity contribution in [3.63, 3.8) is 0 Å². The van der Waals surface area contributed by atoms with Gasteiger partial charge in [0.1, 0.15) is 4.83 Å². The van der Waals surface area contributed by atoms with E-state index in [-0.39, 0.29) is 5.56 Å². The predicted molar refractivity (Wildman–Crippen MR) is 136 cm³/mol. The average molecular weight is 464 g/mol. The monoisotopic (exact) mass is 463 g/mol. The number of aryl methyl sites for hydroxylation is 3. The van der Waals surface area contributed by atoms with Crippen molar-refractivity contribution < 1.29 is 0 Å². The molecule has 4 aromatic rings. The van der Waals surface area contributed by atoms with Crippen molar-refractivity contribution in [3.8, 4) is 11.3 Å². The van der Waals surface area contributed by atoms with Gasteiger partial charge in [-0.15, -0.1) is 11.3 Å². The van der Waals surface area contributed by atoms with Gasteiger partial charge in [-0.05, 0) is 43.5 Å². The van der Waals surface area contributed by atoms with Crippen molar-refractivity contribution in [2.75, 3.05) is 31.1 Å². The van der Waals surface area contributed by atoms with Crippen LogP contribution in [0.2, 0.25) is 0 Å². The second-order valence-corrected chi connectivity index (χ2v) is 9.92. The summed E-state index contributed by atoms with van der Waals surface area (Å²) >= 11 is 1.82. The van der Waals surface area contributed by atoms with Crippen molar-refractivity contribution in [2.24, 2.45) is 0 Å². The molecular weight excluding hydrogens is 434 g/mol. The summed E-state index contributed by atoms with van der Waals surface area (Å²) in [4.78, 5) is 37.8. The fourth-order valence-electron chi connectivity index (χ4n) is 4.96. The highest BCUT2D eigenvalue weighted by atomic mass is 32.1. The van der Waals surface area contributed by atoms with Gasteiger partial charge < -0.3 is 20.2 Å². The molecule has 1 aliphatic rings. The van der Waals surface area contributed by atoms with Crippen molar-refractivity contribution in [1.82, 2.24) is 20.3 Å². The van der Waals surface area contributed by atoms with Crippen molar-refractivity contribution >= 4 is 27.2 Å². The van der Waals surface area contributed by atoms with Crippen LogP contribution in [0.3, 0.4) is 0 Å². The number of nitrogens with one attached hydrogen (secondary N) is 4. The molecule has 0 bridgehead atoms. The molecule has 5 rings (SSSR count). The van der Waals surface area contributed by atoms with E-state index in [0.717, 1.165) is 54.3 Å². The van der Waals surface area contributed by atoms with E-state index in [1.807, 2.05) is 11.3 Å². The van der Waals surface area contributed by atoms with E-state index in [4.69, 9.17) is 0 Å². The fraction of sp³-hybridized carbons (Fsp3) is 0.360. The van der Waals surface area contributed by atoms with E-state index in [2.05, 4.69) is 64.1 Å². The molecule has 0 saturated carbocycles. The van der Waals surface area contributed by atoms with Gasteiger partial charge in [-0.3, -0.25) is 9.78 Å². The lowest BCUT2D eigenvalue weighted by atomic mass is 9.98. The molecule has 4 heterocycles. The van der Waals surface area contributed by atoms with E-state index in [0.29, 0.717) is 12.1 Å². The molecule has 8 heteroatoms. The van der Waals surface area contributed by atoms with Gasteiger partial charge in [0.2, 0.25) is 0 Å². The molecule has 172 valence electrons. The predicted octanol–water partition coefficient (Wildman–Crippen LogP) is 3.45. The summed E-state index contributed by atoms with van der Waals surface area (Å²) in [5, 5.41) is 4.67. The van der Waals surface area contributed by atoms with Crippen molar-refractivity contribution in [1.29, 1.82) is 0 Å². The number of H-pyrrole nitrogens is 3. The molecule has 0 unspecified atom stereocenters. The Morgan fingerprint density at radius 1 is 0.970 bits per heavy atom. The van der Waals surface area contributed by atoms with Gasteiger partial charge in [-0.25, -0.2) is 4.79 Å². The molecule has 7 nitrogen and oxygen atoms in total. The van der Waals surface area contributed by atoms with Crippen LogP contribution in [0.4, 0.5) is 5.69 Å². The molecule has 1 fully saturated rings. The number of hydrogen-bond donors (Lipinski definition) is 4. The van der Waals surface area contributed by atoms with Crippen LogP contribution < -0.4 is 21.5 Å². The minimum Gasteiger partial charge on any atom is -0.368 e. The highest BCUT2D eigenvalue weighted by molar-refractivity contribution is 7.19. The summed E-state index contributed by atoms with van der Waals surface area (Å²) in [5.41, 5.74) is 6.78. The highest BCUT2D eigenvalue weighted by Gasteiger charge is 2.26. The Balaban J connectivity index is 1.77. The van der Waals surface area contributed by atoms with Crippen LogP contribution in [0, 0.1) is 13.8 Å². The SMILES string of the molecule is CCc1sc2[nH]c(-c3cc(C)cc(C)c3)c(Cc3cc(=O)[nH]c(=O)[nH]3)c2c1N1CCNCC1. The zero-order valence-electron chi connectivity index (χ0n) is 19.2. The van der Waals surface area contributed by atoms with Crippen LogP contribution in [0.1, 0.15) is 34.2 Å². The second kappa shape index (κ2) is 8.68. The fourth-order valence-corrected chi connectivity index (χ4v) is 6.15. The molecule has 1 saturated heterocycles. The van der Waals surface area contributed by atoms with E-state index in [9.17, 15) is 9.59 Å². The lowest BCUT2D eigenvalue weighted by Crippen LogP contribution is -2.43. The van der Waals surface area contributed by atoms with Crippen LogP contribution in [0.5, 0.6) is 0 Å². The molecule has 0 atom stereocenters. The third-order valence-corrected chi connectivity index (χ3v) is 7.48. The van der Waals surface area contributed by atoms with Gasteiger partial charge in [-0.1, -0.05) is 24.1 Å². The van der Waals surface area contributed by atoms with Crippen LogP contribution in [0.25, 0.3) is 21.5 Å². The number of aromatic nitrogens is 3. The number of aromatic amines is 3. The minimum absolute atomic E-state index is 0.379. The van der Waals surface area contributed by atoms with Crippen LogP contribution >= 0.6 is 11.3 Å². The smallest absolute Gasteiger partial charge is 0.325 e. The number of rotatable bonds is 5. The molecule has 0 radical (unpaired) electrons. The molecule has 0 spiro atoms. The standard InChI is InChI=1S/C25H29N5O2S/c1-4-19-23(30-7-5-26-6-8-30)21-18(12-17-13-20(31)28-25(32)27-17)22(29-24(21)33-19)16-10-14(2)9-15(3)11-16/h9-11,13,26,29H,4-8,12H2,1-3H3,(H2,27,28,31,32). The Kier molecular flexibility index (Phi) is 5.72. The average Bonchev–Trinajstić information content (AvgIpc) is 3.29. The molecule has 1 aliphatic heterocycles. The Labute approximate surface area is 195 Å². The lowest BCUT2D eigenvalue weighted by Gasteiger charge is -2.30. The summed E-state index contributed by atoms with van der Waals surface area (Å²) < 4.78 is 0. The lowest BCUT2D eigenvalue weighted by molar-refractivity contribution is 0.589. The molecule has 0 amide bonds. The van der Waals surface area contributed by atoms with Gasteiger partial charge in [0.05, 0.1) is 11.4 Å². The first-order valence-corrected chi connectivity index (χ1v) is 12.3. The molecule has 0 aliphatic carbocycles. The molecule has 33 heavy (non-hydrogen) atoms. The van der Waals surface area contributed by atoms with Crippen LogP contribution in [-0.2, 0) is 12.8 Å². The summed E-state index contributed by atoms with van der Waals surface area (Å²) in [6.45, 7) is 10.3. The van der Waals surface area contributed by atoms with Crippen molar-refractivity contribution in [2.45, 2.75) is 33.6 Å². The Morgan fingerprint density at radius 3 is 2.36 bits per heavy atom. The molecule has 4 N–H and O–H groups in total. The van der Waals surface area contributed by atoms with Gasteiger partial charge in [0, 0.05) is 54.6 Å². The second-order valence-electron chi connectivity index (χ2n) is 8.81. The Morgan fingerprint density at radius 2 is 1.70 bits per heavy atom. The highest BCUT2D eigenvalue weighted by Crippen LogP contribution is 2.45. The topological polar surface area (TPSA) is 96.8 Å². The van der Waals surface area contributed by atoms with E-state index < -0.39 is 5.69 Å². The molecular formula is C25H29N5O2S. The third kappa shape index (κ3) is 4.16. The van der Waals surface area contributed by atoms with E-state index >= 15 is 0 Å². The van der Waals surface area contributed by atoms with E-state index in [1.54, 1.807) is 0 Å². The number of anilines is 1. The van der Waals surface area contributed by atoms with Crippen LogP contribution in [-0.4, -0.2) is 41.1 Å². The summed E-state index contributed by atoms with van der Waals surface area (Å²) in [7, 11) is 0. The first-order chi connectivity index (χ1) is 15.9. The minimum atomic E-state index is -0.473. The number of piperazine rings is 1. The van der Waals surface area contributed by atoms with Gasteiger partial charge in [0.15, 0.2) is 0 Å². The maximum atomic E-state index is 12.0. The largest absolute Gasteiger partial charge is 0.368 e. The number of fused-ring (bicyclic) bond motifs is 1. The molecule has 1 aromatic carbocycles. The Hall–Kier alpha value is -3.10. The number of thiophene rings is 1. The van der Waals surface area contributed by atoms with E-state index in [1.165, 1.54) is 33.1 Å². The quantitative estimate of drug-likeness (QED) is 0.364. The zero-order valence-corrected chi connectivity index (χ0v) is 20.0. The summed E-state index contributed by atoms with van der Waals surface area (Å²) in [6, 6.07) is 8.04.